The van der Waals surface area contributed by atoms with Crippen LogP contribution in [0.2, 0.25) is 0 Å². The summed E-state index contributed by atoms with van der Waals surface area (Å²) in [5, 5.41) is -0.425. The van der Waals surface area contributed by atoms with E-state index >= 15 is 0 Å². The second-order valence-electron chi connectivity index (χ2n) is 4.07. The summed E-state index contributed by atoms with van der Waals surface area (Å²) < 4.78 is 40.2. The molecular weight excluding hydrogens is 244 g/mol. The lowest BCUT2D eigenvalue weighted by molar-refractivity contribution is -0.120. The van der Waals surface area contributed by atoms with E-state index in [4.69, 9.17) is 14.2 Å². The lowest BCUT2D eigenvalue weighted by Crippen LogP contribution is -2.36. The van der Waals surface area contributed by atoms with Crippen LogP contribution < -0.4 is 0 Å². The summed E-state index contributed by atoms with van der Waals surface area (Å²) in [6.07, 6.45) is -0.333. The van der Waals surface area contributed by atoms with Gasteiger partial charge in [0.25, 0.3) is 0 Å². The van der Waals surface area contributed by atoms with Crippen molar-refractivity contribution in [3.8, 4) is 0 Å². The van der Waals surface area contributed by atoms with Crippen molar-refractivity contribution in [1.82, 2.24) is 0 Å². The summed E-state index contributed by atoms with van der Waals surface area (Å²) in [6, 6.07) is 0. The number of hydrogen-bond acceptors (Lipinski definition) is 5. The maximum atomic E-state index is 12.2. The smallest absolute Gasteiger partial charge is 0.171 e. The zero-order valence-electron chi connectivity index (χ0n) is 10.7. The van der Waals surface area contributed by atoms with Gasteiger partial charge in [-0.2, -0.15) is 0 Å². The minimum Gasteiger partial charge on any atom is -0.377 e. The number of sulfone groups is 1. The van der Waals surface area contributed by atoms with Crippen LogP contribution in [0.15, 0.2) is 0 Å². The highest BCUT2D eigenvalue weighted by Gasteiger charge is 2.37. The summed E-state index contributed by atoms with van der Waals surface area (Å²) in [5.41, 5.74) is 0. The van der Waals surface area contributed by atoms with Crippen LogP contribution in [-0.2, 0) is 24.0 Å². The molecule has 0 aromatic rings. The minimum atomic E-state index is -3.23. The van der Waals surface area contributed by atoms with Crippen molar-refractivity contribution in [2.75, 3.05) is 25.6 Å². The van der Waals surface area contributed by atoms with E-state index in [9.17, 15) is 8.42 Å². The Balaban J connectivity index is 2.63. The number of ether oxygens (including phenoxy) is 3. The highest BCUT2D eigenvalue weighted by molar-refractivity contribution is 7.92. The molecule has 0 amide bonds. The average Bonchev–Trinajstić information content (AvgIpc) is 2.65. The van der Waals surface area contributed by atoms with Gasteiger partial charge in [-0.3, -0.25) is 0 Å². The van der Waals surface area contributed by atoms with Crippen LogP contribution in [0.1, 0.15) is 27.2 Å². The van der Waals surface area contributed by atoms with Gasteiger partial charge in [0.2, 0.25) is 0 Å². The highest BCUT2D eigenvalue weighted by Crippen LogP contribution is 2.22. The van der Waals surface area contributed by atoms with Gasteiger partial charge in [0.05, 0.1) is 11.4 Å². The van der Waals surface area contributed by atoms with E-state index in [0.29, 0.717) is 26.2 Å². The van der Waals surface area contributed by atoms with Crippen molar-refractivity contribution >= 4 is 9.84 Å². The first kappa shape index (κ1) is 14.9. The molecule has 0 spiro atoms. The molecule has 102 valence electrons. The fourth-order valence-corrected chi connectivity index (χ4v) is 3.95. The van der Waals surface area contributed by atoms with Crippen molar-refractivity contribution in [2.45, 2.75) is 44.8 Å². The molecule has 5 nitrogen and oxygen atoms in total. The molecule has 1 fully saturated rings. The lowest BCUT2D eigenvalue weighted by atomic mass is 10.3. The molecule has 1 aliphatic rings. The van der Waals surface area contributed by atoms with E-state index in [-0.39, 0.29) is 11.9 Å². The van der Waals surface area contributed by atoms with Gasteiger partial charge in [0, 0.05) is 19.8 Å². The SMILES string of the molecule is CCOC(CS(=O)(=O)C1CCOC1C)OCC. The van der Waals surface area contributed by atoms with Gasteiger partial charge in [0.1, 0.15) is 5.75 Å². The van der Waals surface area contributed by atoms with Crippen molar-refractivity contribution in [2.24, 2.45) is 0 Å². The van der Waals surface area contributed by atoms with E-state index < -0.39 is 21.4 Å². The second-order valence-corrected chi connectivity index (χ2v) is 6.34. The molecule has 2 atom stereocenters. The predicted molar refractivity (Wildman–Crippen MR) is 64.6 cm³/mol. The zero-order chi connectivity index (χ0) is 12.9. The van der Waals surface area contributed by atoms with Crippen molar-refractivity contribution < 1.29 is 22.6 Å². The van der Waals surface area contributed by atoms with E-state index in [1.807, 2.05) is 13.8 Å². The third-order valence-corrected chi connectivity index (χ3v) is 5.12. The molecule has 6 heteroatoms. The Morgan fingerprint density at radius 3 is 2.29 bits per heavy atom. The van der Waals surface area contributed by atoms with Crippen molar-refractivity contribution in [1.29, 1.82) is 0 Å². The van der Waals surface area contributed by atoms with Crippen LogP contribution in [0, 0.1) is 0 Å². The van der Waals surface area contributed by atoms with Gasteiger partial charge in [0.15, 0.2) is 16.1 Å². The Morgan fingerprint density at radius 1 is 1.29 bits per heavy atom. The predicted octanol–water partition coefficient (Wildman–Crippen LogP) is 0.978. The number of rotatable bonds is 7. The summed E-state index contributed by atoms with van der Waals surface area (Å²) in [4.78, 5) is 0. The second kappa shape index (κ2) is 6.68. The fourth-order valence-electron chi connectivity index (χ4n) is 2.01. The van der Waals surface area contributed by atoms with Crippen molar-refractivity contribution in [3.05, 3.63) is 0 Å². The molecule has 1 rings (SSSR count). The number of hydrogen-bond donors (Lipinski definition) is 0. The van der Waals surface area contributed by atoms with Crippen molar-refractivity contribution in [3.63, 3.8) is 0 Å². The van der Waals surface area contributed by atoms with Crippen LogP contribution in [0.25, 0.3) is 0 Å². The largest absolute Gasteiger partial charge is 0.377 e. The zero-order valence-corrected chi connectivity index (χ0v) is 11.5. The van der Waals surface area contributed by atoms with Gasteiger partial charge >= 0.3 is 0 Å². The monoisotopic (exact) mass is 266 g/mol. The van der Waals surface area contributed by atoms with Gasteiger partial charge < -0.3 is 14.2 Å². The standard InChI is InChI=1S/C11H22O5S/c1-4-14-11(15-5-2)8-17(12,13)10-6-7-16-9(10)3/h9-11H,4-8H2,1-3H3. The minimum absolute atomic E-state index is 0.0902. The quantitative estimate of drug-likeness (QED) is 0.643. The molecule has 0 aliphatic carbocycles. The maximum absolute atomic E-state index is 12.2. The molecule has 1 aliphatic heterocycles. The molecule has 0 saturated carbocycles. The third-order valence-electron chi connectivity index (χ3n) is 2.84. The molecule has 0 radical (unpaired) electrons. The summed E-state index contributed by atoms with van der Waals surface area (Å²) in [6.45, 7) is 6.83. The molecule has 0 bridgehead atoms. The maximum Gasteiger partial charge on any atom is 0.171 e. The molecule has 1 heterocycles. The summed E-state index contributed by atoms with van der Waals surface area (Å²) in [7, 11) is -3.23. The topological polar surface area (TPSA) is 61.8 Å². The van der Waals surface area contributed by atoms with Crippen LogP contribution in [0.3, 0.4) is 0 Å². The van der Waals surface area contributed by atoms with Crippen LogP contribution in [0.5, 0.6) is 0 Å². The Hall–Kier alpha value is -0.170. The molecule has 0 aromatic heterocycles. The molecule has 0 N–H and O–H groups in total. The third kappa shape index (κ3) is 4.21. The Bertz CT molecular complexity index is 308. The van der Waals surface area contributed by atoms with Gasteiger partial charge in [-0.05, 0) is 27.2 Å². The van der Waals surface area contributed by atoms with E-state index in [0.717, 1.165) is 0 Å². The molecule has 17 heavy (non-hydrogen) atoms. The molecule has 1 saturated heterocycles. The first-order chi connectivity index (χ1) is 8.01. The molecule has 2 unspecified atom stereocenters. The van der Waals surface area contributed by atoms with Gasteiger partial charge in [-0.25, -0.2) is 8.42 Å². The Kier molecular flexibility index (Phi) is 5.85. The van der Waals surface area contributed by atoms with E-state index in [2.05, 4.69) is 0 Å². The first-order valence-corrected chi connectivity index (χ1v) is 7.79. The highest BCUT2D eigenvalue weighted by atomic mass is 32.2. The average molecular weight is 266 g/mol. The van der Waals surface area contributed by atoms with E-state index in [1.54, 1.807) is 6.92 Å². The Morgan fingerprint density at radius 2 is 1.88 bits per heavy atom. The summed E-state index contributed by atoms with van der Waals surface area (Å²) in [5.74, 6) is -0.0902. The van der Waals surface area contributed by atoms with E-state index in [1.165, 1.54) is 0 Å². The Labute approximate surface area is 103 Å². The van der Waals surface area contributed by atoms with Gasteiger partial charge in [-0.1, -0.05) is 0 Å². The molecular formula is C11H22O5S. The van der Waals surface area contributed by atoms with Crippen LogP contribution in [0.4, 0.5) is 0 Å². The fraction of sp³-hybridized carbons (Fsp3) is 1.00. The van der Waals surface area contributed by atoms with Crippen LogP contribution >= 0.6 is 0 Å². The summed E-state index contributed by atoms with van der Waals surface area (Å²) >= 11 is 0. The molecule has 0 aromatic carbocycles. The van der Waals surface area contributed by atoms with Crippen LogP contribution in [-0.4, -0.2) is 51.6 Å². The van der Waals surface area contributed by atoms with Gasteiger partial charge in [-0.15, -0.1) is 0 Å². The lowest BCUT2D eigenvalue weighted by Gasteiger charge is -2.20. The normalized spacial score (nSPS) is 25.6. The first-order valence-electron chi connectivity index (χ1n) is 6.07.